The van der Waals surface area contributed by atoms with Crippen LogP contribution in [0.3, 0.4) is 0 Å². The van der Waals surface area contributed by atoms with E-state index in [4.69, 9.17) is 5.26 Å². The molecule has 1 aliphatic rings. The molecule has 4 nitrogen and oxygen atoms in total. The quantitative estimate of drug-likeness (QED) is 0.868. The average molecular weight is 257 g/mol. The molecule has 1 heterocycles. The Labute approximate surface area is 113 Å². The first-order valence-corrected chi connectivity index (χ1v) is 6.74. The van der Waals surface area contributed by atoms with Gasteiger partial charge in [-0.05, 0) is 49.5 Å². The third-order valence-electron chi connectivity index (χ3n) is 3.39. The van der Waals surface area contributed by atoms with Gasteiger partial charge < -0.3 is 10.6 Å². The zero-order valence-electron chi connectivity index (χ0n) is 11.0. The number of anilines is 1. The molecule has 1 unspecified atom stereocenters. The molecule has 1 atom stereocenters. The SMILES string of the molecule is N#CCc1ccc(NC(=O)CC2CCCNC2)cc1. The van der Waals surface area contributed by atoms with Gasteiger partial charge in [-0.1, -0.05) is 12.1 Å². The van der Waals surface area contributed by atoms with Crippen LogP contribution in [0.4, 0.5) is 5.69 Å². The zero-order valence-corrected chi connectivity index (χ0v) is 11.0. The number of carbonyl (C=O) groups excluding carboxylic acids is 1. The second-order valence-electron chi connectivity index (χ2n) is 5.00. The minimum Gasteiger partial charge on any atom is -0.326 e. The van der Waals surface area contributed by atoms with Crippen molar-refractivity contribution in [1.82, 2.24) is 5.32 Å². The molecule has 1 saturated heterocycles. The predicted octanol–water partition coefficient (Wildman–Crippen LogP) is 2.08. The molecule has 1 aliphatic heterocycles. The molecule has 1 aromatic rings. The first-order chi connectivity index (χ1) is 9.28. The highest BCUT2D eigenvalue weighted by atomic mass is 16.1. The monoisotopic (exact) mass is 257 g/mol. The second-order valence-corrected chi connectivity index (χ2v) is 5.00. The maximum Gasteiger partial charge on any atom is 0.224 e. The Morgan fingerprint density at radius 2 is 2.21 bits per heavy atom. The van der Waals surface area contributed by atoms with E-state index in [2.05, 4.69) is 16.7 Å². The minimum atomic E-state index is 0.0710. The van der Waals surface area contributed by atoms with Crippen LogP contribution in [-0.2, 0) is 11.2 Å². The highest BCUT2D eigenvalue weighted by Gasteiger charge is 2.16. The molecule has 2 N–H and O–H groups in total. The van der Waals surface area contributed by atoms with E-state index in [0.717, 1.165) is 37.2 Å². The number of nitrogens with zero attached hydrogens (tertiary/aromatic N) is 1. The summed E-state index contributed by atoms with van der Waals surface area (Å²) < 4.78 is 0. The van der Waals surface area contributed by atoms with Crippen molar-refractivity contribution in [1.29, 1.82) is 5.26 Å². The lowest BCUT2D eigenvalue weighted by Crippen LogP contribution is -2.32. The van der Waals surface area contributed by atoms with Crippen molar-refractivity contribution in [3.8, 4) is 6.07 Å². The van der Waals surface area contributed by atoms with Gasteiger partial charge in [0, 0.05) is 12.1 Å². The largest absolute Gasteiger partial charge is 0.326 e. The predicted molar refractivity (Wildman–Crippen MR) is 74.6 cm³/mol. The molecule has 19 heavy (non-hydrogen) atoms. The molecule has 1 amide bonds. The molecule has 1 fully saturated rings. The maximum absolute atomic E-state index is 11.9. The highest BCUT2D eigenvalue weighted by Crippen LogP contribution is 2.16. The number of carbonyl (C=O) groups is 1. The number of nitriles is 1. The van der Waals surface area contributed by atoms with Crippen LogP contribution in [0.15, 0.2) is 24.3 Å². The van der Waals surface area contributed by atoms with Crippen LogP contribution in [0, 0.1) is 17.2 Å². The van der Waals surface area contributed by atoms with Gasteiger partial charge in [-0.3, -0.25) is 4.79 Å². The average Bonchev–Trinajstić information content (AvgIpc) is 2.42. The molecular weight excluding hydrogens is 238 g/mol. The number of hydrogen-bond acceptors (Lipinski definition) is 3. The van der Waals surface area contributed by atoms with Gasteiger partial charge in [-0.2, -0.15) is 5.26 Å². The summed E-state index contributed by atoms with van der Waals surface area (Å²) in [6.07, 6.45) is 3.26. The van der Waals surface area contributed by atoms with E-state index >= 15 is 0 Å². The fraction of sp³-hybridized carbons (Fsp3) is 0.467. The van der Waals surface area contributed by atoms with Crippen molar-refractivity contribution in [2.45, 2.75) is 25.7 Å². The number of nitrogens with one attached hydrogen (secondary N) is 2. The highest BCUT2D eigenvalue weighted by molar-refractivity contribution is 5.90. The maximum atomic E-state index is 11.9. The summed E-state index contributed by atoms with van der Waals surface area (Å²) in [6, 6.07) is 9.56. The molecule has 0 saturated carbocycles. The van der Waals surface area contributed by atoms with Crippen LogP contribution >= 0.6 is 0 Å². The van der Waals surface area contributed by atoms with Crippen molar-refractivity contribution in [3.63, 3.8) is 0 Å². The van der Waals surface area contributed by atoms with Gasteiger partial charge in [0.25, 0.3) is 0 Å². The first kappa shape index (κ1) is 13.6. The third kappa shape index (κ3) is 4.38. The fourth-order valence-electron chi connectivity index (χ4n) is 2.37. The van der Waals surface area contributed by atoms with Gasteiger partial charge in [-0.25, -0.2) is 0 Å². The molecule has 0 radical (unpaired) electrons. The van der Waals surface area contributed by atoms with Crippen LogP contribution in [-0.4, -0.2) is 19.0 Å². The molecule has 2 rings (SSSR count). The summed E-state index contributed by atoms with van der Waals surface area (Å²) in [5, 5.41) is 14.8. The summed E-state index contributed by atoms with van der Waals surface area (Å²) >= 11 is 0. The van der Waals surface area contributed by atoms with E-state index in [0.29, 0.717) is 18.8 Å². The number of benzene rings is 1. The fourth-order valence-corrected chi connectivity index (χ4v) is 2.37. The van der Waals surface area contributed by atoms with E-state index < -0.39 is 0 Å². The van der Waals surface area contributed by atoms with E-state index in [1.54, 1.807) is 0 Å². The van der Waals surface area contributed by atoms with Crippen LogP contribution in [0.25, 0.3) is 0 Å². The van der Waals surface area contributed by atoms with Crippen molar-refractivity contribution in [3.05, 3.63) is 29.8 Å². The summed E-state index contributed by atoms with van der Waals surface area (Å²) in [7, 11) is 0. The summed E-state index contributed by atoms with van der Waals surface area (Å²) in [4.78, 5) is 11.9. The van der Waals surface area contributed by atoms with E-state index in [9.17, 15) is 4.79 Å². The van der Waals surface area contributed by atoms with E-state index in [1.165, 1.54) is 0 Å². The van der Waals surface area contributed by atoms with E-state index in [1.807, 2.05) is 24.3 Å². The van der Waals surface area contributed by atoms with Crippen molar-refractivity contribution in [2.75, 3.05) is 18.4 Å². The molecule has 0 bridgehead atoms. The van der Waals surface area contributed by atoms with Crippen molar-refractivity contribution < 1.29 is 4.79 Å². The Bertz CT molecular complexity index is 455. The van der Waals surface area contributed by atoms with Crippen LogP contribution in [0.5, 0.6) is 0 Å². The normalized spacial score (nSPS) is 18.6. The Kier molecular flexibility index (Phi) is 4.93. The molecular formula is C15H19N3O. The summed E-state index contributed by atoms with van der Waals surface area (Å²) in [5.74, 6) is 0.522. The number of amides is 1. The topological polar surface area (TPSA) is 64.9 Å². The summed E-state index contributed by atoms with van der Waals surface area (Å²) in [6.45, 7) is 2.01. The Morgan fingerprint density at radius 1 is 1.42 bits per heavy atom. The lowest BCUT2D eigenvalue weighted by molar-refractivity contribution is -0.117. The Morgan fingerprint density at radius 3 is 2.84 bits per heavy atom. The molecule has 4 heteroatoms. The number of piperidine rings is 1. The molecule has 100 valence electrons. The molecule has 0 spiro atoms. The molecule has 0 aliphatic carbocycles. The van der Waals surface area contributed by atoms with Gasteiger partial charge in [-0.15, -0.1) is 0 Å². The smallest absolute Gasteiger partial charge is 0.224 e. The van der Waals surface area contributed by atoms with Crippen LogP contribution < -0.4 is 10.6 Å². The minimum absolute atomic E-state index is 0.0710. The first-order valence-electron chi connectivity index (χ1n) is 6.74. The van der Waals surface area contributed by atoms with E-state index in [-0.39, 0.29) is 5.91 Å². The second kappa shape index (κ2) is 6.91. The van der Waals surface area contributed by atoms with Crippen LogP contribution in [0.1, 0.15) is 24.8 Å². The van der Waals surface area contributed by atoms with Gasteiger partial charge in [0.05, 0.1) is 12.5 Å². The molecule has 0 aromatic heterocycles. The third-order valence-corrected chi connectivity index (χ3v) is 3.39. The Hall–Kier alpha value is -1.86. The van der Waals surface area contributed by atoms with Gasteiger partial charge in [0.15, 0.2) is 0 Å². The van der Waals surface area contributed by atoms with Gasteiger partial charge in [0.2, 0.25) is 5.91 Å². The Balaban J connectivity index is 1.82. The zero-order chi connectivity index (χ0) is 13.5. The summed E-state index contributed by atoms with van der Waals surface area (Å²) in [5.41, 5.74) is 1.77. The number of hydrogen-bond donors (Lipinski definition) is 2. The van der Waals surface area contributed by atoms with Gasteiger partial charge >= 0.3 is 0 Å². The van der Waals surface area contributed by atoms with Gasteiger partial charge in [0.1, 0.15) is 0 Å². The van der Waals surface area contributed by atoms with Crippen molar-refractivity contribution in [2.24, 2.45) is 5.92 Å². The van der Waals surface area contributed by atoms with Crippen LogP contribution in [0.2, 0.25) is 0 Å². The van der Waals surface area contributed by atoms with Crippen molar-refractivity contribution >= 4 is 11.6 Å². The number of rotatable bonds is 4. The molecule has 1 aromatic carbocycles. The lowest BCUT2D eigenvalue weighted by Gasteiger charge is -2.22. The lowest BCUT2D eigenvalue weighted by atomic mass is 9.96. The standard InChI is InChI=1S/C15H19N3O/c16-8-7-12-3-5-14(6-4-12)18-15(19)10-13-2-1-9-17-11-13/h3-6,13,17H,1-2,7,9-11H2,(H,18,19).